The summed E-state index contributed by atoms with van der Waals surface area (Å²) >= 11 is 3.46. The molecule has 10 aromatic heterocycles. The van der Waals surface area contributed by atoms with Crippen molar-refractivity contribution in [2.45, 2.75) is 204 Å². The molecule has 17 nitrogen and oxygen atoms in total. The average molecular weight is 1720 g/mol. The highest BCUT2D eigenvalue weighted by molar-refractivity contribution is 7.17. The molecule has 19 heteroatoms. The minimum Gasteiger partial charge on any atom is -0.491 e. The summed E-state index contributed by atoms with van der Waals surface area (Å²) in [5.74, 6) is 1.91. The predicted octanol–water partition coefficient (Wildman–Crippen LogP) is 31.7. The molecule has 0 bridgehead atoms. The van der Waals surface area contributed by atoms with Gasteiger partial charge in [0.2, 0.25) is 5.71 Å². The summed E-state index contributed by atoms with van der Waals surface area (Å²) in [6.07, 6.45) is 30.3. The Bertz CT molecular complexity index is 4900. The maximum atomic E-state index is 5.49. The second-order valence-corrected chi connectivity index (χ2v) is 25.1. The molecule has 0 N–H and O–H groups in total. The SMILES string of the molecule is C1=Cc2ccccc2C1.C1=Nc2ccccc2C1.CC.CC.CC.CC.CC.CC.CC.CC.CC.CC.CC.c1cc2c(cn1)OCC2.c1cc2c3c(c1)ncn3CCO2.c1ccc2ncccc2c1.c1ccc2ocnc2c1.c1ccc2sccc2c1.c1ccc2scnc2c1.c1cnc2c(c1)CCC2.c1cnc2c(c1)N=NC2.c1ncc2ccoc2n1. The highest BCUT2D eigenvalue weighted by Crippen LogP contribution is 2.29. The molecular formula is C106H137N13O4S2. The van der Waals surface area contributed by atoms with Crippen LogP contribution in [-0.2, 0) is 45.2 Å². The smallest absolute Gasteiger partial charge is 0.228 e. The van der Waals surface area contributed by atoms with Gasteiger partial charge in [0.05, 0.1) is 75.5 Å². The van der Waals surface area contributed by atoms with Crippen molar-refractivity contribution >= 4 is 111 Å². The molecule has 0 fully saturated rings. The van der Waals surface area contributed by atoms with Gasteiger partial charge < -0.3 is 22.9 Å². The van der Waals surface area contributed by atoms with Crippen LogP contribution in [0, 0.1) is 0 Å². The lowest BCUT2D eigenvalue weighted by Crippen LogP contribution is -2.12. The van der Waals surface area contributed by atoms with E-state index in [1.807, 2.05) is 316 Å². The topological polar surface area (TPSA) is 203 Å². The number of benzene rings is 7. The first-order valence-corrected chi connectivity index (χ1v) is 46.5. The lowest BCUT2D eigenvalue weighted by Gasteiger charge is -2.15. The summed E-state index contributed by atoms with van der Waals surface area (Å²) in [5, 5.41) is 13.3. The van der Waals surface area contributed by atoms with Gasteiger partial charge in [0, 0.05) is 71.4 Å². The van der Waals surface area contributed by atoms with Gasteiger partial charge in [-0.15, -0.1) is 22.7 Å². The van der Waals surface area contributed by atoms with E-state index in [-0.39, 0.29) is 0 Å². The van der Waals surface area contributed by atoms with Crippen LogP contribution in [0.2, 0.25) is 0 Å². The van der Waals surface area contributed by atoms with Gasteiger partial charge in [0.15, 0.2) is 12.0 Å². The molecular weight excluding hydrogens is 1580 g/mol. The number of fused-ring (bicyclic) bond motifs is 10. The summed E-state index contributed by atoms with van der Waals surface area (Å²) < 4.78 is 25.5. The third kappa shape index (κ3) is 38.0. The second-order valence-electron chi connectivity index (χ2n) is 23.3. The maximum Gasteiger partial charge on any atom is 0.228 e. The van der Waals surface area contributed by atoms with Crippen LogP contribution in [0.3, 0.4) is 0 Å². The summed E-state index contributed by atoms with van der Waals surface area (Å²) in [7, 11) is 0. The molecule has 2 aliphatic carbocycles. The summed E-state index contributed by atoms with van der Waals surface area (Å²) in [5.41, 5.74) is 19.9. The number of pyridine rings is 4. The molecule has 17 aromatic rings. The molecule has 0 radical (unpaired) electrons. The lowest BCUT2D eigenvalue weighted by molar-refractivity contribution is 0.287. The Kier molecular flexibility index (Phi) is 61.5. The van der Waals surface area contributed by atoms with E-state index in [4.69, 9.17) is 18.3 Å². The molecule has 0 saturated carbocycles. The fourth-order valence-electron chi connectivity index (χ4n) is 11.3. The zero-order chi connectivity index (χ0) is 91.7. The fourth-order valence-corrected chi connectivity index (χ4v) is 12.8. The molecule has 4 aliphatic heterocycles. The molecule has 23 rings (SSSR count). The molecule has 14 heterocycles. The number of allylic oxidation sites excluding steroid dienone is 1. The number of azo groups is 1. The van der Waals surface area contributed by atoms with Crippen LogP contribution >= 0.6 is 22.7 Å². The van der Waals surface area contributed by atoms with Crippen LogP contribution in [0.4, 0.5) is 11.4 Å². The molecule has 0 spiro atoms. The Balaban J connectivity index is 0.000000456. The number of furan rings is 1. The number of thiazole rings is 1. The lowest BCUT2D eigenvalue weighted by atomic mass is 10.1. The Labute approximate surface area is 754 Å². The number of oxazole rings is 1. The zero-order valence-corrected chi connectivity index (χ0v) is 79.9. The molecule has 125 heavy (non-hydrogen) atoms. The van der Waals surface area contributed by atoms with Crippen molar-refractivity contribution in [1.82, 2.24) is 49.4 Å². The Hall–Kier alpha value is -12.6. The second kappa shape index (κ2) is 70.9. The first kappa shape index (κ1) is 108. The van der Waals surface area contributed by atoms with Gasteiger partial charge in [-0.05, 0) is 156 Å². The average Bonchev–Trinajstić information content (AvgIpc) is 1.74. The van der Waals surface area contributed by atoms with E-state index in [1.54, 1.807) is 53.7 Å². The normalized spacial score (nSPS) is 10.8. The molecule has 6 aliphatic rings. The number of nitrogens with zero attached hydrogens (tertiary/aromatic N) is 13. The predicted molar refractivity (Wildman–Crippen MR) is 539 cm³/mol. The zero-order valence-electron chi connectivity index (χ0n) is 78.3. The summed E-state index contributed by atoms with van der Waals surface area (Å²) in [6, 6.07) is 72.9. The van der Waals surface area contributed by atoms with Crippen molar-refractivity contribution in [1.29, 1.82) is 0 Å². The van der Waals surface area contributed by atoms with Crippen molar-refractivity contribution in [3.8, 4) is 11.5 Å². The summed E-state index contributed by atoms with van der Waals surface area (Å²) in [6.45, 7) is 47.1. The minimum absolute atomic E-state index is 0.644. The van der Waals surface area contributed by atoms with E-state index in [9.17, 15) is 0 Å². The van der Waals surface area contributed by atoms with E-state index in [2.05, 4.69) is 167 Å². The van der Waals surface area contributed by atoms with Crippen molar-refractivity contribution in [2.24, 2.45) is 15.2 Å². The number of aliphatic imine (C=N–C) groups is 1. The molecule has 0 atom stereocenters. The first-order valence-electron chi connectivity index (χ1n) is 44.7. The molecule has 0 saturated heterocycles. The van der Waals surface area contributed by atoms with Crippen LogP contribution in [0.5, 0.6) is 11.5 Å². The van der Waals surface area contributed by atoms with Gasteiger partial charge in [-0.1, -0.05) is 286 Å². The highest BCUT2D eigenvalue weighted by Gasteiger charge is 2.14. The van der Waals surface area contributed by atoms with Crippen molar-refractivity contribution < 1.29 is 18.3 Å². The van der Waals surface area contributed by atoms with E-state index in [0.29, 0.717) is 12.3 Å². The summed E-state index contributed by atoms with van der Waals surface area (Å²) in [4.78, 5) is 40.7. The highest BCUT2D eigenvalue weighted by atomic mass is 32.1. The molecule has 0 unspecified atom stereocenters. The number of aromatic nitrogens is 10. The van der Waals surface area contributed by atoms with Gasteiger partial charge in [0.1, 0.15) is 47.7 Å². The first-order chi connectivity index (χ1) is 62.1. The number of ether oxygens (including phenoxy) is 2. The monoisotopic (exact) mass is 1720 g/mol. The van der Waals surface area contributed by atoms with Crippen LogP contribution in [0.15, 0.2) is 322 Å². The number of rotatable bonds is 0. The number of hydrogen-bond donors (Lipinski definition) is 0. The standard InChI is InChI=1S/C9H8N2O.C9H7N.C9H8.C8H9N.C8H7N.C8H6S.C7H7NO.C7H5NO.C7H5NS.C6H5N3.C6H4N2O.11C2H6/c1-2-7-9-8(3-1)12-5-4-11(9)6-10-7;1-2-6-9-8(4-1)5-3-7-10-9;1-2-5-9-7-3-6-8(9)4-1;1-3-7-4-2-6-9-8(7)5-1;2*1-2-4-8-7(3-1)5-6-9-8;1-3-8-5-7-6(1)2-4-9-7;2*1-2-4-7-6(3-1)8-5-9-7;1-2-5-6(7-3-1)4-8-9-5;1-2-9-6-5(1)3-7-4-8-6;11*1-2/h1-3,6H,4-5H2;1-7H;1-6H,7H2;2,4,6H,1,3,5H2;1-4,6H,5H2;1-6H;1,3,5H,2,4H2;2*1-5H;1-3H,4H2;1-4H;11*1-2H3. The Morgan fingerprint density at radius 2 is 1.00 bits per heavy atom. The van der Waals surface area contributed by atoms with Crippen LogP contribution in [0.1, 0.15) is 198 Å². The largest absolute Gasteiger partial charge is 0.491 e. The fraction of sp³-hybridized carbons (Fsp3) is 0.302. The molecule has 7 aromatic carbocycles. The van der Waals surface area contributed by atoms with Gasteiger partial charge in [-0.25, -0.2) is 24.9 Å². The van der Waals surface area contributed by atoms with Crippen LogP contribution in [0.25, 0.3) is 70.5 Å². The molecule has 662 valence electrons. The van der Waals surface area contributed by atoms with Crippen LogP contribution < -0.4 is 9.47 Å². The van der Waals surface area contributed by atoms with Crippen molar-refractivity contribution in [2.75, 3.05) is 13.2 Å². The Morgan fingerprint density at radius 3 is 1.70 bits per heavy atom. The van der Waals surface area contributed by atoms with E-state index in [1.165, 1.54) is 85.7 Å². The maximum absolute atomic E-state index is 5.49. The quantitative estimate of drug-likeness (QED) is 0.139. The van der Waals surface area contributed by atoms with Crippen molar-refractivity contribution in [3.05, 3.63) is 337 Å². The molecule has 0 amide bonds. The Morgan fingerprint density at radius 1 is 0.384 bits per heavy atom. The number of aryl methyl sites for hydroxylation is 2. The number of thiophene rings is 1. The minimum atomic E-state index is 0.644. The van der Waals surface area contributed by atoms with Crippen molar-refractivity contribution in [3.63, 3.8) is 0 Å². The van der Waals surface area contributed by atoms with E-state index < -0.39 is 0 Å². The number of imidazole rings is 1. The third-order valence-corrected chi connectivity index (χ3v) is 18.2. The van der Waals surface area contributed by atoms with Gasteiger partial charge in [-0.3, -0.25) is 24.9 Å². The van der Waals surface area contributed by atoms with Gasteiger partial charge in [-0.2, -0.15) is 10.2 Å². The number of para-hydroxylation sites is 6. The van der Waals surface area contributed by atoms with Gasteiger partial charge >= 0.3 is 0 Å². The van der Waals surface area contributed by atoms with E-state index in [0.717, 1.165) is 106 Å². The van der Waals surface area contributed by atoms with E-state index >= 15 is 0 Å². The van der Waals surface area contributed by atoms with Gasteiger partial charge in [0.25, 0.3) is 0 Å². The third-order valence-electron chi connectivity index (χ3n) is 16.5. The van der Waals surface area contributed by atoms with Crippen LogP contribution in [-0.4, -0.2) is 68.9 Å². The number of hydrogen-bond acceptors (Lipinski definition) is 18.